The first-order chi connectivity index (χ1) is 5.83. The molecule has 1 saturated carbocycles. The van der Waals surface area contributed by atoms with Crippen LogP contribution in [0.2, 0.25) is 0 Å². The molecule has 3 nitrogen and oxygen atoms in total. The molecular formula is C9H18O3. The number of aliphatic hydroxyl groups excluding tert-OH is 2. The quantitative estimate of drug-likeness (QED) is 0.640. The molecule has 0 unspecified atom stereocenters. The van der Waals surface area contributed by atoms with Gasteiger partial charge in [0, 0.05) is 6.61 Å². The minimum Gasteiger partial charge on any atom is -0.394 e. The molecule has 1 aliphatic rings. The van der Waals surface area contributed by atoms with Gasteiger partial charge in [0.1, 0.15) is 6.10 Å². The van der Waals surface area contributed by atoms with Crippen LogP contribution in [0.25, 0.3) is 0 Å². The standard InChI is InChI=1S/C9H18O3/c10-5-9(11)7-12-6-8-3-1-2-4-8/h8-11H,1-7H2/t9-/m1/s1. The van der Waals surface area contributed by atoms with Crippen LogP contribution in [0.4, 0.5) is 0 Å². The number of ether oxygens (including phenoxy) is 1. The molecule has 0 saturated heterocycles. The summed E-state index contributed by atoms with van der Waals surface area (Å²) in [5, 5.41) is 17.5. The average molecular weight is 174 g/mol. The smallest absolute Gasteiger partial charge is 0.100 e. The molecule has 0 aromatic heterocycles. The second-order valence-corrected chi connectivity index (χ2v) is 3.52. The first-order valence-corrected chi connectivity index (χ1v) is 4.69. The van der Waals surface area contributed by atoms with Crippen LogP contribution < -0.4 is 0 Å². The van der Waals surface area contributed by atoms with Gasteiger partial charge in [-0.15, -0.1) is 0 Å². The van der Waals surface area contributed by atoms with Gasteiger partial charge >= 0.3 is 0 Å². The highest BCUT2D eigenvalue weighted by Crippen LogP contribution is 2.24. The lowest BCUT2D eigenvalue weighted by Crippen LogP contribution is -2.21. The Bertz CT molecular complexity index is 110. The van der Waals surface area contributed by atoms with E-state index >= 15 is 0 Å². The fourth-order valence-electron chi connectivity index (χ4n) is 1.60. The molecule has 0 bridgehead atoms. The van der Waals surface area contributed by atoms with E-state index in [-0.39, 0.29) is 13.2 Å². The molecule has 1 fully saturated rings. The summed E-state index contributed by atoms with van der Waals surface area (Å²) in [5.41, 5.74) is 0. The highest BCUT2D eigenvalue weighted by molar-refractivity contribution is 4.66. The first-order valence-electron chi connectivity index (χ1n) is 4.69. The Kier molecular flexibility index (Phi) is 4.58. The largest absolute Gasteiger partial charge is 0.394 e. The van der Waals surface area contributed by atoms with E-state index in [0.29, 0.717) is 5.92 Å². The number of hydrogen-bond acceptors (Lipinski definition) is 3. The molecule has 1 atom stereocenters. The third-order valence-electron chi connectivity index (χ3n) is 2.35. The zero-order chi connectivity index (χ0) is 8.81. The summed E-state index contributed by atoms with van der Waals surface area (Å²) in [4.78, 5) is 0. The van der Waals surface area contributed by atoms with Gasteiger partial charge in [-0.05, 0) is 18.8 Å². The van der Waals surface area contributed by atoms with E-state index in [2.05, 4.69) is 0 Å². The Hall–Kier alpha value is -0.120. The van der Waals surface area contributed by atoms with Gasteiger partial charge < -0.3 is 14.9 Å². The fraction of sp³-hybridized carbons (Fsp3) is 1.00. The van der Waals surface area contributed by atoms with Crippen molar-refractivity contribution in [3.8, 4) is 0 Å². The Morgan fingerprint density at radius 2 is 2.00 bits per heavy atom. The third-order valence-corrected chi connectivity index (χ3v) is 2.35. The number of aliphatic hydroxyl groups is 2. The van der Waals surface area contributed by atoms with Gasteiger partial charge in [-0.3, -0.25) is 0 Å². The van der Waals surface area contributed by atoms with Crippen LogP contribution in [-0.4, -0.2) is 36.1 Å². The van der Waals surface area contributed by atoms with E-state index in [9.17, 15) is 0 Å². The van der Waals surface area contributed by atoms with Crippen molar-refractivity contribution in [2.75, 3.05) is 19.8 Å². The molecule has 2 N–H and O–H groups in total. The van der Waals surface area contributed by atoms with Crippen molar-refractivity contribution in [1.29, 1.82) is 0 Å². The number of hydrogen-bond donors (Lipinski definition) is 2. The van der Waals surface area contributed by atoms with Crippen molar-refractivity contribution in [2.45, 2.75) is 31.8 Å². The second kappa shape index (κ2) is 5.51. The summed E-state index contributed by atoms with van der Waals surface area (Å²) in [6, 6.07) is 0. The Morgan fingerprint density at radius 1 is 1.33 bits per heavy atom. The molecule has 0 spiro atoms. The van der Waals surface area contributed by atoms with Crippen molar-refractivity contribution in [3.05, 3.63) is 0 Å². The minimum absolute atomic E-state index is 0.204. The molecule has 0 heterocycles. The molecule has 0 amide bonds. The predicted octanol–water partition coefficient (Wildman–Crippen LogP) is 0.546. The molecule has 72 valence electrons. The van der Waals surface area contributed by atoms with E-state index < -0.39 is 6.10 Å². The summed E-state index contributed by atoms with van der Waals surface area (Å²) >= 11 is 0. The molecule has 1 rings (SSSR count). The number of rotatable bonds is 5. The van der Waals surface area contributed by atoms with Gasteiger partial charge in [0.05, 0.1) is 13.2 Å². The van der Waals surface area contributed by atoms with E-state index in [1.807, 2.05) is 0 Å². The van der Waals surface area contributed by atoms with Crippen molar-refractivity contribution < 1.29 is 14.9 Å². The molecule has 0 aliphatic heterocycles. The van der Waals surface area contributed by atoms with Crippen LogP contribution >= 0.6 is 0 Å². The second-order valence-electron chi connectivity index (χ2n) is 3.52. The van der Waals surface area contributed by atoms with Gasteiger partial charge in [-0.2, -0.15) is 0 Å². The fourth-order valence-corrected chi connectivity index (χ4v) is 1.60. The lowest BCUT2D eigenvalue weighted by atomic mass is 10.1. The first kappa shape index (κ1) is 9.96. The molecule has 1 aliphatic carbocycles. The van der Waals surface area contributed by atoms with Gasteiger partial charge in [0.2, 0.25) is 0 Å². The topological polar surface area (TPSA) is 49.7 Å². The van der Waals surface area contributed by atoms with Crippen LogP contribution in [0.1, 0.15) is 25.7 Å². The molecule has 0 aromatic carbocycles. The zero-order valence-corrected chi connectivity index (χ0v) is 7.41. The maximum Gasteiger partial charge on any atom is 0.100 e. The lowest BCUT2D eigenvalue weighted by Gasteiger charge is -2.11. The van der Waals surface area contributed by atoms with Crippen molar-refractivity contribution in [3.63, 3.8) is 0 Å². The highest BCUT2D eigenvalue weighted by Gasteiger charge is 2.15. The summed E-state index contributed by atoms with van der Waals surface area (Å²) in [7, 11) is 0. The zero-order valence-electron chi connectivity index (χ0n) is 7.41. The third kappa shape index (κ3) is 3.52. The van der Waals surface area contributed by atoms with Gasteiger partial charge in [0.15, 0.2) is 0 Å². The van der Waals surface area contributed by atoms with Crippen LogP contribution in [0.15, 0.2) is 0 Å². The van der Waals surface area contributed by atoms with Crippen molar-refractivity contribution >= 4 is 0 Å². The summed E-state index contributed by atoms with van der Waals surface area (Å²) in [6.45, 7) is 0.814. The summed E-state index contributed by atoms with van der Waals surface area (Å²) < 4.78 is 5.26. The predicted molar refractivity (Wildman–Crippen MR) is 45.9 cm³/mol. The van der Waals surface area contributed by atoms with E-state index in [1.54, 1.807) is 0 Å². The lowest BCUT2D eigenvalue weighted by molar-refractivity contribution is -0.00392. The summed E-state index contributed by atoms with van der Waals surface area (Å²) in [5.74, 6) is 0.691. The molecule has 3 heteroatoms. The molecular weight excluding hydrogens is 156 g/mol. The van der Waals surface area contributed by atoms with Crippen LogP contribution in [0.5, 0.6) is 0 Å². The monoisotopic (exact) mass is 174 g/mol. The molecule has 0 radical (unpaired) electrons. The van der Waals surface area contributed by atoms with Gasteiger partial charge in [-0.25, -0.2) is 0 Å². The highest BCUT2D eigenvalue weighted by atomic mass is 16.5. The summed E-state index contributed by atoms with van der Waals surface area (Å²) in [6.07, 6.45) is 4.45. The van der Waals surface area contributed by atoms with Crippen LogP contribution in [0, 0.1) is 5.92 Å². The average Bonchev–Trinajstić information content (AvgIpc) is 2.57. The maximum absolute atomic E-state index is 8.96. The van der Waals surface area contributed by atoms with E-state index in [4.69, 9.17) is 14.9 Å². The molecule has 0 aromatic rings. The van der Waals surface area contributed by atoms with Crippen LogP contribution in [-0.2, 0) is 4.74 Å². The Labute approximate surface area is 73.4 Å². The van der Waals surface area contributed by atoms with Crippen LogP contribution in [0.3, 0.4) is 0 Å². The minimum atomic E-state index is -0.702. The van der Waals surface area contributed by atoms with Crippen molar-refractivity contribution in [2.24, 2.45) is 5.92 Å². The van der Waals surface area contributed by atoms with Crippen molar-refractivity contribution in [1.82, 2.24) is 0 Å². The van der Waals surface area contributed by atoms with E-state index in [0.717, 1.165) is 6.61 Å². The molecule has 12 heavy (non-hydrogen) atoms. The Morgan fingerprint density at radius 3 is 2.58 bits per heavy atom. The van der Waals surface area contributed by atoms with E-state index in [1.165, 1.54) is 25.7 Å². The SMILES string of the molecule is OC[C@@H](O)COCC1CCCC1. The van der Waals surface area contributed by atoms with Gasteiger partial charge in [0.25, 0.3) is 0 Å². The Balaban J connectivity index is 1.94. The maximum atomic E-state index is 8.96. The normalized spacial score (nSPS) is 21.5. The van der Waals surface area contributed by atoms with Gasteiger partial charge in [-0.1, -0.05) is 12.8 Å².